The zero-order valence-electron chi connectivity index (χ0n) is 7.79. The fraction of sp³-hybridized carbons (Fsp3) is 0.875. The first-order valence-electron chi connectivity index (χ1n) is 4.02. The first-order chi connectivity index (χ1) is 5.00. The molecule has 0 aliphatic heterocycles. The molecule has 1 amide bonds. The molecule has 0 bridgehead atoms. The molecule has 0 aliphatic carbocycles. The lowest BCUT2D eigenvalue weighted by Gasteiger charge is -2.27. The van der Waals surface area contributed by atoms with Crippen molar-refractivity contribution in [3.63, 3.8) is 0 Å². The molecule has 3 nitrogen and oxygen atoms in total. The second-order valence-electron chi connectivity index (χ2n) is 3.09. The van der Waals surface area contributed by atoms with E-state index >= 15 is 0 Å². The monoisotopic (exact) mass is 158 g/mol. The Morgan fingerprint density at radius 1 is 1.55 bits per heavy atom. The number of likely N-dealkylation sites (N-methyl/N-ethyl adjacent to an activating group) is 1. The van der Waals surface area contributed by atoms with Crippen molar-refractivity contribution in [2.24, 2.45) is 5.73 Å². The molecule has 66 valence electrons. The topological polar surface area (TPSA) is 46.3 Å². The Kier molecular flexibility index (Phi) is 4.11. The van der Waals surface area contributed by atoms with Gasteiger partial charge in [-0.3, -0.25) is 9.69 Å². The highest BCUT2D eigenvalue weighted by molar-refractivity contribution is 5.79. The summed E-state index contributed by atoms with van der Waals surface area (Å²) in [4.78, 5) is 12.8. The molecule has 0 fully saturated rings. The Labute approximate surface area is 68.6 Å². The van der Waals surface area contributed by atoms with Crippen LogP contribution in [-0.4, -0.2) is 29.9 Å². The van der Waals surface area contributed by atoms with Crippen molar-refractivity contribution in [3.8, 4) is 0 Å². The van der Waals surface area contributed by atoms with Crippen LogP contribution in [0.25, 0.3) is 0 Å². The molecule has 0 aromatic carbocycles. The molecule has 0 saturated heterocycles. The van der Waals surface area contributed by atoms with Gasteiger partial charge in [-0.05, 0) is 27.3 Å². The number of rotatable bonds is 4. The summed E-state index contributed by atoms with van der Waals surface area (Å²) < 4.78 is 0. The van der Waals surface area contributed by atoms with E-state index in [2.05, 4.69) is 0 Å². The number of hydrogen-bond acceptors (Lipinski definition) is 2. The number of carbonyl (C=O) groups is 1. The maximum Gasteiger partial charge on any atom is 0.234 e. The van der Waals surface area contributed by atoms with E-state index in [-0.39, 0.29) is 11.9 Å². The molecule has 0 radical (unpaired) electrons. The number of nitrogens with two attached hydrogens (primary N) is 1. The van der Waals surface area contributed by atoms with Crippen molar-refractivity contribution >= 4 is 5.91 Å². The lowest BCUT2D eigenvalue weighted by atomic mass is 10.1. The number of primary amides is 1. The van der Waals surface area contributed by atoms with Gasteiger partial charge in [-0.2, -0.15) is 0 Å². The molecule has 0 saturated carbocycles. The summed E-state index contributed by atoms with van der Waals surface area (Å²) in [5.41, 5.74) is 5.21. The largest absolute Gasteiger partial charge is 0.368 e. The lowest BCUT2D eigenvalue weighted by molar-refractivity contribution is -0.123. The molecule has 0 aromatic rings. The van der Waals surface area contributed by atoms with E-state index < -0.39 is 0 Å². The van der Waals surface area contributed by atoms with Crippen molar-refractivity contribution in [1.29, 1.82) is 0 Å². The SMILES string of the molecule is CCC(C(N)=O)N(C)C(C)C. The highest BCUT2D eigenvalue weighted by Crippen LogP contribution is 2.04. The minimum absolute atomic E-state index is 0.116. The minimum Gasteiger partial charge on any atom is -0.368 e. The van der Waals surface area contributed by atoms with E-state index in [9.17, 15) is 4.79 Å². The van der Waals surface area contributed by atoms with Gasteiger partial charge in [-0.1, -0.05) is 6.92 Å². The summed E-state index contributed by atoms with van der Waals surface area (Å²) in [5, 5.41) is 0. The molecular weight excluding hydrogens is 140 g/mol. The predicted octanol–water partition coefficient (Wildman–Crippen LogP) is 0.590. The molecule has 0 spiro atoms. The Balaban J connectivity index is 4.14. The van der Waals surface area contributed by atoms with Crippen molar-refractivity contribution in [1.82, 2.24) is 4.90 Å². The molecule has 2 N–H and O–H groups in total. The Bertz CT molecular complexity index is 134. The first-order valence-corrected chi connectivity index (χ1v) is 4.02. The van der Waals surface area contributed by atoms with E-state index in [1.807, 2.05) is 32.7 Å². The highest BCUT2D eigenvalue weighted by atomic mass is 16.1. The van der Waals surface area contributed by atoms with Crippen LogP contribution in [0.2, 0.25) is 0 Å². The van der Waals surface area contributed by atoms with E-state index in [0.717, 1.165) is 6.42 Å². The van der Waals surface area contributed by atoms with Gasteiger partial charge in [0, 0.05) is 6.04 Å². The summed E-state index contributed by atoms with van der Waals surface area (Å²) >= 11 is 0. The zero-order chi connectivity index (χ0) is 9.02. The van der Waals surface area contributed by atoms with Crippen molar-refractivity contribution < 1.29 is 4.79 Å². The lowest BCUT2D eigenvalue weighted by Crippen LogP contribution is -2.45. The summed E-state index contributed by atoms with van der Waals surface area (Å²) in [7, 11) is 1.92. The summed E-state index contributed by atoms with van der Waals surface area (Å²) in [6.07, 6.45) is 0.782. The smallest absolute Gasteiger partial charge is 0.234 e. The third-order valence-electron chi connectivity index (χ3n) is 2.02. The normalized spacial score (nSPS) is 14.0. The third kappa shape index (κ3) is 2.89. The average Bonchev–Trinajstić information content (AvgIpc) is 1.88. The number of hydrogen-bond donors (Lipinski definition) is 1. The number of carbonyl (C=O) groups excluding carboxylic acids is 1. The molecule has 0 aliphatic rings. The van der Waals surface area contributed by atoms with Crippen LogP contribution in [0.4, 0.5) is 0 Å². The molecule has 11 heavy (non-hydrogen) atoms. The summed E-state index contributed by atoms with van der Waals surface area (Å²) in [5.74, 6) is -0.233. The van der Waals surface area contributed by atoms with Crippen LogP contribution in [0.1, 0.15) is 27.2 Å². The minimum atomic E-state index is -0.233. The quantitative estimate of drug-likeness (QED) is 0.651. The first kappa shape index (κ1) is 10.4. The molecule has 0 heterocycles. The average molecular weight is 158 g/mol. The van der Waals surface area contributed by atoms with Crippen LogP contribution in [0.15, 0.2) is 0 Å². The Hall–Kier alpha value is -0.570. The van der Waals surface area contributed by atoms with Gasteiger partial charge in [-0.15, -0.1) is 0 Å². The fourth-order valence-corrected chi connectivity index (χ4v) is 1.05. The van der Waals surface area contributed by atoms with Gasteiger partial charge in [-0.25, -0.2) is 0 Å². The van der Waals surface area contributed by atoms with E-state index in [1.165, 1.54) is 0 Å². The summed E-state index contributed by atoms with van der Waals surface area (Å²) in [6, 6.07) is 0.252. The van der Waals surface area contributed by atoms with Crippen molar-refractivity contribution in [3.05, 3.63) is 0 Å². The van der Waals surface area contributed by atoms with Gasteiger partial charge in [0.2, 0.25) is 5.91 Å². The molecule has 0 rings (SSSR count). The van der Waals surface area contributed by atoms with Gasteiger partial charge in [0.15, 0.2) is 0 Å². The van der Waals surface area contributed by atoms with Crippen LogP contribution in [-0.2, 0) is 4.79 Å². The van der Waals surface area contributed by atoms with E-state index in [4.69, 9.17) is 5.73 Å². The van der Waals surface area contributed by atoms with Crippen LogP contribution in [0.5, 0.6) is 0 Å². The Morgan fingerprint density at radius 2 is 2.00 bits per heavy atom. The van der Waals surface area contributed by atoms with Crippen molar-refractivity contribution in [2.45, 2.75) is 39.3 Å². The molecular formula is C8H18N2O. The van der Waals surface area contributed by atoms with Gasteiger partial charge < -0.3 is 5.73 Å². The molecule has 1 atom stereocenters. The Morgan fingerprint density at radius 3 is 2.09 bits per heavy atom. The van der Waals surface area contributed by atoms with Crippen LogP contribution < -0.4 is 5.73 Å². The van der Waals surface area contributed by atoms with Gasteiger partial charge >= 0.3 is 0 Å². The van der Waals surface area contributed by atoms with Gasteiger partial charge in [0.25, 0.3) is 0 Å². The van der Waals surface area contributed by atoms with Crippen LogP contribution in [0, 0.1) is 0 Å². The second-order valence-corrected chi connectivity index (χ2v) is 3.09. The fourth-order valence-electron chi connectivity index (χ4n) is 1.05. The van der Waals surface area contributed by atoms with Gasteiger partial charge in [0.1, 0.15) is 0 Å². The highest BCUT2D eigenvalue weighted by Gasteiger charge is 2.19. The maximum absolute atomic E-state index is 10.9. The number of nitrogens with zero attached hydrogens (tertiary/aromatic N) is 1. The van der Waals surface area contributed by atoms with E-state index in [0.29, 0.717) is 6.04 Å². The zero-order valence-corrected chi connectivity index (χ0v) is 7.79. The predicted molar refractivity (Wildman–Crippen MR) is 46.2 cm³/mol. The second kappa shape index (κ2) is 4.34. The molecule has 1 unspecified atom stereocenters. The molecule has 0 aromatic heterocycles. The van der Waals surface area contributed by atoms with Crippen LogP contribution >= 0.6 is 0 Å². The van der Waals surface area contributed by atoms with Crippen LogP contribution in [0.3, 0.4) is 0 Å². The molecule has 3 heteroatoms. The van der Waals surface area contributed by atoms with Crippen molar-refractivity contribution in [2.75, 3.05) is 7.05 Å². The standard InChI is InChI=1S/C8H18N2O/c1-5-7(8(9)11)10(4)6(2)3/h6-7H,5H2,1-4H3,(H2,9,11). The van der Waals surface area contributed by atoms with Gasteiger partial charge in [0.05, 0.1) is 6.04 Å². The van der Waals surface area contributed by atoms with E-state index in [1.54, 1.807) is 0 Å². The third-order valence-corrected chi connectivity index (χ3v) is 2.02. The summed E-state index contributed by atoms with van der Waals surface area (Å²) in [6.45, 7) is 6.06. The maximum atomic E-state index is 10.9. The number of amides is 1.